The molecule has 5 nitrogen and oxygen atoms in total. The number of aromatic nitrogens is 2. The van der Waals surface area contributed by atoms with Gasteiger partial charge in [-0.25, -0.2) is 9.97 Å². The third-order valence-electron chi connectivity index (χ3n) is 2.70. The van der Waals surface area contributed by atoms with Gasteiger partial charge in [-0.3, -0.25) is 0 Å². The molecule has 2 rings (SSSR count). The Balaban J connectivity index is 2.21. The fourth-order valence-corrected chi connectivity index (χ4v) is 2.57. The van der Waals surface area contributed by atoms with Crippen molar-refractivity contribution in [3.8, 4) is 0 Å². The number of hydrogen-bond donors (Lipinski definition) is 1. The van der Waals surface area contributed by atoms with E-state index in [0.29, 0.717) is 16.9 Å². The number of rotatable bonds is 3. The van der Waals surface area contributed by atoms with E-state index < -0.39 is 0 Å². The highest BCUT2D eigenvalue weighted by atomic mass is 35.5. The lowest BCUT2D eigenvalue weighted by Crippen LogP contribution is -2.48. The molecule has 2 unspecified atom stereocenters. The molecule has 1 aromatic heterocycles. The fraction of sp³-hybridized carbons (Fsp3) is 0.636. The molecule has 1 fully saturated rings. The summed E-state index contributed by atoms with van der Waals surface area (Å²) in [5.74, 6) is 0.785. The number of aliphatic hydroxyl groups excluding tert-OH is 1. The standard InChI is InChI=1S/C11H16ClN3O2S/c1-7-4-15(5-8(6-16)17-7)10-3-9(12)13-11(14-10)18-2/h3,7-8,16H,4-6H2,1-2H3. The Labute approximate surface area is 116 Å². The summed E-state index contributed by atoms with van der Waals surface area (Å²) in [4.78, 5) is 10.6. The van der Waals surface area contributed by atoms with E-state index in [1.165, 1.54) is 11.8 Å². The molecule has 7 heteroatoms. The summed E-state index contributed by atoms with van der Waals surface area (Å²) >= 11 is 7.44. The predicted molar refractivity (Wildman–Crippen MR) is 72.5 cm³/mol. The van der Waals surface area contributed by atoms with Crippen LogP contribution in [0.15, 0.2) is 11.2 Å². The number of thioether (sulfide) groups is 1. The Hall–Kier alpha value is -0.560. The quantitative estimate of drug-likeness (QED) is 0.516. The van der Waals surface area contributed by atoms with Crippen molar-refractivity contribution in [1.82, 2.24) is 9.97 Å². The number of aliphatic hydroxyl groups is 1. The van der Waals surface area contributed by atoms with Crippen molar-refractivity contribution >= 4 is 29.2 Å². The average Bonchev–Trinajstić information content (AvgIpc) is 2.37. The van der Waals surface area contributed by atoms with E-state index in [2.05, 4.69) is 14.9 Å². The number of hydrogen-bond acceptors (Lipinski definition) is 6. The van der Waals surface area contributed by atoms with Crippen LogP contribution in [-0.4, -0.2) is 53.2 Å². The van der Waals surface area contributed by atoms with Crippen LogP contribution < -0.4 is 4.90 Å². The van der Waals surface area contributed by atoms with E-state index in [1.54, 1.807) is 6.07 Å². The topological polar surface area (TPSA) is 58.5 Å². The van der Waals surface area contributed by atoms with Crippen LogP contribution >= 0.6 is 23.4 Å². The lowest BCUT2D eigenvalue weighted by Gasteiger charge is -2.36. The first-order valence-electron chi connectivity index (χ1n) is 5.72. The van der Waals surface area contributed by atoms with Gasteiger partial charge >= 0.3 is 0 Å². The van der Waals surface area contributed by atoms with E-state index >= 15 is 0 Å². The first kappa shape index (κ1) is 13.9. The highest BCUT2D eigenvalue weighted by Gasteiger charge is 2.26. The van der Waals surface area contributed by atoms with Gasteiger partial charge in [-0.15, -0.1) is 0 Å². The van der Waals surface area contributed by atoms with Crippen molar-refractivity contribution in [3.05, 3.63) is 11.2 Å². The van der Waals surface area contributed by atoms with E-state index in [0.717, 1.165) is 12.4 Å². The van der Waals surface area contributed by atoms with Crippen molar-refractivity contribution in [2.24, 2.45) is 0 Å². The molecule has 1 saturated heterocycles. The van der Waals surface area contributed by atoms with Gasteiger partial charge < -0.3 is 14.7 Å². The smallest absolute Gasteiger partial charge is 0.190 e. The van der Waals surface area contributed by atoms with Crippen molar-refractivity contribution in [3.63, 3.8) is 0 Å². The van der Waals surface area contributed by atoms with Crippen molar-refractivity contribution in [2.75, 3.05) is 30.9 Å². The van der Waals surface area contributed by atoms with Crippen LogP contribution in [0.5, 0.6) is 0 Å². The lowest BCUT2D eigenvalue weighted by molar-refractivity contribution is -0.0423. The highest BCUT2D eigenvalue weighted by Crippen LogP contribution is 2.23. The van der Waals surface area contributed by atoms with Crippen molar-refractivity contribution < 1.29 is 9.84 Å². The van der Waals surface area contributed by atoms with Crippen molar-refractivity contribution in [1.29, 1.82) is 0 Å². The summed E-state index contributed by atoms with van der Waals surface area (Å²) in [7, 11) is 0. The first-order valence-corrected chi connectivity index (χ1v) is 7.32. The second-order valence-electron chi connectivity index (χ2n) is 4.19. The molecule has 18 heavy (non-hydrogen) atoms. The Kier molecular flexibility index (Phi) is 4.66. The Morgan fingerprint density at radius 1 is 1.56 bits per heavy atom. The van der Waals surface area contributed by atoms with Gasteiger partial charge in [-0.2, -0.15) is 0 Å². The molecule has 0 amide bonds. The molecular weight excluding hydrogens is 274 g/mol. The Bertz CT molecular complexity index is 421. The molecule has 2 heterocycles. The molecule has 2 atom stereocenters. The van der Waals surface area contributed by atoms with Crippen LogP contribution in [0.1, 0.15) is 6.92 Å². The van der Waals surface area contributed by atoms with Gasteiger partial charge in [0.05, 0.1) is 18.8 Å². The minimum atomic E-state index is -0.180. The molecule has 0 saturated carbocycles. The SMILES string of the molecule is CSc1nc(Cl)cc(N2CC(C)OC(CO)C2)n1. The molecule has 0 bridgehead atoms. The summed E-state index contributed by atoms with van der Waals surface area (Å²) in [5.41, 5.74) is 0. The lowest BCUT2D eigenvalue weighted by atomic mass is 10.2. The van der Waals surface area contributed by atoms with E-state index in [9.17, 15) is 5.11 Å². The zero-order chi connectivity index (χ0) is 13.1. The van der Waals surface area contributed by atoms with Crippen molar-refractivity contribution in [2.45, 2.75) is 24.3 Å². The third kappa shape index (κ3) is 3.26. The Morgan fingerprint density at radius 2 is 2.33 bits per heavy atom. The molecule has 100 valence electrons. The van der Waals surface area contributed by atoms with E-state index in [-0.39, 0.29) is 18.8 Å². The third-order valence-corrected chi connectivity index (χ3v) is 3.44. The van der Waals surface area contributed by atoms with Crippen LogP contribution in [0.3, 0.4) is 0 Å². The van der Waals surface area contributed by atoms with Crippen LogP contribution in [-0.2, 0) is 4.74 Å². The summed E-state index contributed by atoms with van der Waals surface area (Å²) in [6.45, 7) is 3.34. The monoisotopic (exact) mass is 289 g/mol. The number of anilines is 1. The molecule has 0 aromatic carbocycles. The van der Waals surface area contributed by atoms with Gasteiger partial charge in [0.1, 0.15) is 11.0 Å². The zero-order valence-electron chi connectivity index (χ0n) is 10.3. The summed E-state index contributed by atoms with van der Waals surface area (Å²) < 4.78 is 5.60. The average molecular weight is 290 g/mol. The van der Waals surface area contributed by atoms with Gasteiger partial charge in [0.2, 0.25) is 0 Å². The molecule has 1 aliphatic heterocycles. The molecule has 1 aromatic rings. The second kappa shape index (κ2) is 6.06. The maximum absolute atomic E-state index is 9.21. The molecule has 0 aliphatic carbocycles. The fourth-order valence-electron chi connectivity index (χ4n) is 1.97. The minimum absolute atomic E-state index is 0.00897. The van der Waals surface area contributed by atoms with E-state index in [1.807, 2.05) is 13.2 Å². The second-order valence-corrected chi connectivity index (χ2v) is 5.35. The number of ether oxygens (including phenoxy) is 1. The summed E-state index contributed by atoms with van der Waals surface area (Å²) in [6, 6.07) is 1.74. The summed E-state index contributed by atoms with van der Waals surface area (Å²) in [5, 5.41) is 10.3. The predicted octanol–water partition coefficient (Wildman–Crippen LogP) is 1.44. The van der Waals surface area contributed by atoms with Crippen LogP contribution in [0, 0.1) is 0 Å². The normalized spacial score (nSPS) is 24.3. The first-order chi connectivity index (χ1) is 8.62. The van der Waals surface area contributed by atoms with E-state index in [4.69, 9.17) is 16.3 Å². The van der Waals surface area contributed by atoms with Crippen LogP contribution in [0.2, 0.25) is 5.15 Å². The highest BCUT2D eigenvalue weighted by molar-refractivity contribution is 7.98. The Morgan fingerprint density at radius 3 is 3.00 bits per heavy atom. The van der Waals surface area contributed by atoms with Gasteiger partial charge in [0, 0.05) is 19.2 Å². The summed E-state index contributed by atoms with van der Waals surface area (Å²) in [6.07, 6.45) is 1.79. The maximum Gasteiger partial charge on any atom is 0.190 e. The maximum atomic E-state index is 9.21. The largest absolute Gasteiger partial charge is 0.394 e. The van der Waals surface area contributed by atoms with Crippen LogP contribution in [0.25, 0.3) is 0 Å². The molecular formula is C11H16ClN3O2S. The molecule has 1 aliphatic rings. The number of nitrogens with zero attached hydrogens (tertiary/aromatic N) is 3. The minimum Gasteiger partial charge on any atom is -0.394 e. The van der Waals surface area contributed by atoms with Gasteiger partial charge in [-0.1, -0.05) is 23.4 Å². The zero-order valence-corrected chi connectivity index (χ0v) is 11.9. The number of morpholine rings is 1. The van der Waals surface area contributed by atoms with Gasteiger partial charge in [-0.05, 0) is 13.2 Å². The molecule has 0 radical (unpaired) electrons. The van der Waals surface area contributed by atoms with Gasteiger partial charge in [0.25, 0.3) is 0 Å². The van der Waals surface area contributed by atoms with Gasteiger partial charge in [0.15, 0.2) is 5.16 Å². The molecule has 0 spiro atoms. The molecule has 1 N–H and O–H groups in total. The number of halogens is 1. The van der Waals surface area contributed by atoms with Crippen LogP contribution in [0.4, 0.5) is 5.82 Å².